The lowest BCUT2D eigenvalue weighted by molar-refractivity contribution is 0.249. The van der Waals surface area contributed by atoms with E-state index < -0.39 is 0 Å². The van der Waals surface area contributed by atoms with Crippen LogP contribution in [0.15, 0.2) is 36.4 Å². The van der Waals surface area contributed by atoms with Gasteiger partial charge >= 0.3 is 0 Å². The van der Waals surface area contributed by atoms with Crippen LogP contribution in [-0.4, -0.2) is 16.8 Å². The number of hydrogen-bond acceptors (Lipinski definition) is 3. The van der Waals surface area contributed by atoms with Gasteiger partial charge in [0, 0.05) is 5.56 Å². The average molecular weight is 423 g/mol. The van der Waals surface area contributed by atoms with Gasteiger partial charge in [0.15, 0.2) is 0 Å². The first-order valence-corrected chi connectivity index (χ1v) is 12.8. The lowest BCUT2D eigenvalue weighted by Crippen LogP contribution is -2.15. The van der Waals surface area contributed by atoms with Gasteiger partial charge in [-0.05, 0) is 67.5 Å². The fourth-order valence-electron chi connectivity index (χ4n) is 4.74. The van der Waals surface area contributed by atoms with Crippen LogP contribution >= 0.6 is 0 Å². The van der Waals surface area contributed by atoms with Crippen molar-refractivity contribution >= 4 is 0 Å². The summed E-state index contributed by atoms with van der Waals surface area (Å²) in [4.78, 5) is 0. The van der Waals surface area contributed by atoms with Crippen molar-refractivity contribution in [2.24, 2.45) is 11.8 Å². The smallest absolute Gasteiger partial charge is 0.119 e. The van der Waals surface area contributed by atoms with Crippen LogP contribution in [0.5, 0.6) is 5.75 Å². The summed E-state index contributed by atoms with van der Waals surface area (Å²) in [6.45, 7) is 5.33. The standard InChI is InChI=1S/C28H42N2O/c1-3-5-7-8-22-31-27-19-15-25(16-20-27)28-21-18-26(29-30-28)17-14-24-12-10-23(11-13-24)9-6-4-2/h15-16,18-21,23-24H,3-14,17,22H2,1-2H3. The molecule has 170 valence electrons. The summed E-state index contributed by atoms with van der Waals surface area (Å²) < 4.78 is 5.84. The molecule has 0 spiro atoms. The molecule has 31 heavy (non-hydrogen) atoms. The molecule has 1 heterocycles. The van der Waals surface area contributed by atoms with Crippen molar-refractivity contribution in [3.05, 3.63) is 42.1 Å². The third-order valence-electron chi connectivity index (χ3n) is 6.88. The van der Waals surface area contributed by atoms with Crippen LogP contribution in [-0.2, 0) is 6.42 Å². The van der Waals surface area contributed by atoms with E-state index in [0.29, 0.717) is 0 Å². The van der Waals surface area contributed by atoms with Gasteiger partial charge in [-0.3, -0.25) is 0 Å². The maximum atomic E-state index is 5.84. The highest BCUT2D eigenvalue weighted by molar-refractivity contribution is 5.59. The van der Waals surface area contributed by atoms with Gasteiger partial charge in [-0.25, -0.2) is 0 Å². The molecule has 0 bridgehead atoms. The zero-order valence-corrected chi connectivity index (χ0v) is 19.8. The van der Waals surface area contributed by atoms with Crippen LogP contribution in [0.3, 0.4) is 0 Å². The predicted molar refractivity (Wildman–Crippen MR) is 130 cm³/mol. The second-order valence-electron chi connectivity index (χ2n) is 9.41. The lowest BCUT2D eigenvalue weighted by Gasteiger charge is -2.28. The van der Waals surface area contributed by atoms with E-state index in [0.717, 1.165) is 54.0 Å². The first kappa shape index (κ1) is 23.8. The highest BCUT2D eigenvalue weighted by atomic mass is 16.5. The average Bonchev–Trinajstić information content (AvgIpc) is 2.83. The van der Waals surface area contributed by atoms with Crippen molar-refractivity contribution in [3.63, 3.8) is 0 Å². The van der Waals surface area contributed by atoms with E-state index in [1.807, 2.05) is 12.1 Å². The van der Waals surface area contributed by atoms with Crippen molar-refractivity contribution in [1.82, 2.24) is 10.2 Å². The van der Waals surface area contributed by atoms with E-state index in [2.05, 4.69) is 48.3 Å². The molecule has 3 rings (SSSR count). The molecule has 3 nitrogen and oxygen atoms in total. The third kappa shape index (κ3) is 8.27. The minimum atomic E-state index is 0.800. The number of nitrogens with zero attached hydrogens (tertiary/aromatic N) is 2. The van der Waals surface area contributed by atoms with Gasteiger partial charge in [-0.2, -0.15) is 10.2 Å². The fraction of sp³-hybridized carbons (Fsp3) is 0.643. The van der Waals surface area contributed by atoms with Crippen molar-refractivity contribution in [2.75, 3.05) is 6.61 Å². The molecule has 1 aromatic heterocycles. The minimum absolute atomic E-state index is 0.800. The Kier molecular flexibility index (Phi) is 10.3. The van der Waals surface area contributed by atoms with E-state index in [-0.39, 0.29) is 0 Å². The van der Waals surface area contributed by atoms with Crippen molar-refractivity contribution in [1.29, 1.82) is 0 Å². The second-order valence-corrected chi connectivity index (χ2v) is 9.41. The van der Waals surface area contributed by atoms with Gasteiger partial charge in [0.05, 0.1) is 18.0 Å². The van der Waals surface area contributed by atoms with Gasteiger partial charge < -0.3 is 4.74 Å². The van der Waals surface area contributed by atoms with E-state index in [9.17, 15) is 0 Å². The summed E-state index contributed by atoms with van der Waals surface area (Å²) in [5.74, 6) is 2.82. The quantitative estimate of drug-likeness (QED) is 0.306. The molecule has 0 unspecified atom stereocenters. The fourth-order valence-corrected chi connectivity index (χ4v) is 4.74. The van der Waals surface area contributed by atoms with E-state index >= 15 is 0 Å². The Morgan fingerprint density at radius 2 is 1.45 bits per heavy atom. The van der Waals surface area contributed by atoms with E-state index in [1.165, 1.54) is 70.6 Å². The van der Waals surface area contributed by atoms with Crippen molar-refractivity contribution < 1.29 is 4.74 Å². The molecule has 1 aliphatic carbocycles. The van der Waals surface area contributed by atoms with E-state index in [1.54, 1.807) is 0 Å². The summed E-state index contributed by atoms with van der Waals surface area (Å²) in [5.41, 5.74) is 3.17. The molecule has 1 aromatic carbocycles. The molecule has 1 fully saturated rings. The number of aromatic nitrogens is 2. The molecule has 1 aliphatic rings. The Morgan fingerprint density at radius 1 is 0.742 bits per heavy atom. The van der Waals surface area contributed by atoms with Gasteiger partial charge in [0.25, 0.3) is 0 Å². The molecule has 0 radical (unpaired) electrons. The first-order valence-electron chi connectivity index (χ1n) is 12.8. The second kappa shape index (κ2) is 13.5. The number of ether oxygens (including phenoxy) is 1. The van der Waals surface area contributed by atoms with Gasteiger partial charge in [-0.1, -0.05) is 78.1 Å². The van der Waals surface area contributed by atoms with Gasteiger partial charge in [0.2, 0.25) is 0 Å². The topological polar surface area (TPSA) is 35.0 Å². The molecule has 3 heteroatoms. The summed E-state index contributed by atoms with van der Waals surface area (Å²) in [5, 5.41) is 9.01. The largest absolute Gasteiger partial charge is 0.494 e. The number of benzene rings is 1. The third-order valence-corrected chi connectivity index (χ3v) is 6.88. The highest BCUT2D eigenvalue weighted by Gasteiger charge is 2.20. The Hall–Kier alpha value is -1.90. The van der Waals surface area contributed by atoms with Gasteiger partial charge in [0.1, 0.15) is 5.75 Å². The Balaban J connectivity index is 1.40. The molecule has 0 aliphatic heterocycles. The SMILES string of the molecule is CCCCCCOc1ccc(-c2ccc(CCC3CCC(CCCC)CC3)nn2)cc1. The predicted octanol–water partition coefficient (Wildman–Crippen LogP) is 8.03. The number of hydrogen-bond donors (Lipinski definition) is 0. The van der Waals surface area contributed by atoms with Crippen LogP contribution in [0, 0.1) is 11.8 Å². The Morgan fingerprint density at radius 3 is 2.10 bits per heavy atom. The molecule has 2 aromatic rings. The van der Waals surface area contributed by atoms with Crippen molar-refractivity contribution in [3.8, 4) is 17.0 Å². The zero-order valence-electron chi connectivity index (χ0n) is 19.8. The zero-order chi connectivity index (χ0) is 21.7. The van der Waals surface area contributed by atoms with Crippen LogP contribution in [0.2, 0.25) is 0 Å². The summed E-state index contributed by atoms with van der Waals surface area (Å²) in [7, 11) is 0. The number of unbranched alkanes of at least 4 members (excludes halogenated alkanes) is 4. The van der Waals surface area contributed by atoms with Crippen LogP contribution in [0.25, 0.3) is 11.3 Å². The Labute approximate surface area is 190 Å². The van der Waals surface area contributed by atoms with Crippen LogP contribution in [0.4, 0.5) is 0 Å². The lowest BCUT2D eigenvalue weighted by atomic mass is 9.78. The summed E-state index contributed by atoms with van der Waals surface area (Å²) >= 11 is 0. The maximum Gasteiger partial charge on any atom is 0.119 e. The van der Waals surface area contributed by atoms with E-state index in [4.69, 9.17) is 4.74 Å². The molecule has 0 amide bonds. The monoisotopic (exact) mass is 422 g/mol. The maximum absolute atomic E-state index is 5.84. The molecular formula is C28H42N2O. The minimum Gasteiger partial charge on any atom is -0.494 e. The van der Waals surface area contributed by atoms with Crippen LogP contribution in [0.1, 0.15) is 96.6 Å². The van der Waals surface area contributed by atoms with Crippen LogP contribution < -0.4 is 4.74 Å². The highest BCUT2D eigenvalue weighted by Crippen LogP contribution is 2.34. The van der Waals surface area contributed by atoms with Gasteiger partial charge in [-0.15, -0.1) is 0 Å². The molecule has 0 saturated heterocycles. The molecule has 0 atom stereocenters. The molecule has 1 saturated carbocycles. The van der Waals surface area contributed by atoms with Crippen molar-refractivity contribution in [2.45, 2.75) is 97.3 Å². The Bertz CT molecular complexity index is 718. The number of aryl methyl sites for hydroxylation is 1. The first-order chi connectivity index (χ1) is 15.3. The normalized spacial score (nSPS) is 18.8. The number of rotatable bonds is 13. The summed E-state index contributed by atoms with van der Waals surface area (Å²) in [6, 6.07) is 12.5. The molecule has 0 N–H and O–H groups in total. The summed E-state index contributed by atoms with van der Waals surface area (Å²) in [6.07, 6.45) is 17.1. The molecular weight excluding hydrogens is 380 g/mol.